The maximum atomic E-state index is 13.4. The van der Waals surface area contributed by atoms with Gasteiger partial charge in [0.2, 0.25) is 0 Å². The number of nitrogens with zero attached hydrogens (tertiary/aromatic N) is 2. The minimum atomic E-state index is -4.89. The van der Waals surface area contributed by atoms with Crippen LogP contribution in [0.15, 0.2) is 34.4 Å². The Kier molecular flexibility index (Phi) is 4.96. The Morgan fingerprint density at radius 2 is 1.95 bits per heavy atom. The number of hydrogen-bond acceptors (Lipinski definition) is 2. The molecule has 0 atom stereocenters. The Bertz CT molecular complexity index is 634. The molecular weight excluding hydrogens is 292 g/mol. The zero-order chi connectivity index (χ0) is 16.2. The van der Waals surface area contributed by atoms with Crippen LogP contribution >= 0.6 is 0 Å². The molecule has 0 unspecified atom stereocenters. The van der Waals surface area contributed by atoms with Crippen LogP contribution in [0.1, 0.15) is 28.4 Å². The van der Waals surface area contributed by atoms with Crippen molar-refractivity contribution in [1.82, 2.24) is 0 Å². The van der Waals surface area contributed by atoms with E-state index in [1.165, 1.54) is 6.08 Å². The summed E-state index contributed by atoms with van der Waals surface area (Å²) in [4.78, 5) is 17.8. The molecule has 8 heteroatoms. The summed E-state index contributed by atoms with van der Waals surface area (Å²) >= 11 is 0. The number of amidine groups is 1. The molecule has 0 bridgehead atoms. The van der Waals surface area contributed by atoms with Gasteiger partial charge in [-0.25, -0.2) is 19.2 Å². The van der Waals surface area contributed by atoms with E-state index in [1.807, 2.05) is 0 Å². The second-order valence-corrected chi connectivity index (χ2v) is 3.77. The molecule has 1 aromatic carbocycles. The van der Waals surface area contributed by atoms with E-state index in [2.05, 4.69) is 16.7 Å². The Morgan fingerprint density at radius 1 is 1.33 bits per heavy atom. The number of benzene rings is 1. The quantitative estimate of drug-likeness (QED) is 0.527. The summed E-state index contributed by atoms with van der Waals surface area (Å²) in [6, 6.07) is 0.645. The van der Waals surface area contributed by atoms with Gasteiger partial charge in [0.05, 0.1) is 11.1 Å². The van der Waals surface area contributed by atoms with Gasteiger partial charge in [0.15, 0.2) is 5.84 Å². The van der Waals surface area contributed by atoms with Gasteiger partial charge >= 0.3 is 12.1 Å². The smallest absolute Gasteiger partial charge is 0.417 e. The van der Waals surface area contributed by atoms with E-state index < -0.39 is 40.5 Å². The number of halogens is 4. The number of aliphatic imine (C=N–C) groups is 2. The van der Waals surface area contributed by atoms with Crippen LogP contribution < -0.4 is 0 Å². The molecule has 0 aliphatic carbocycles. The highest BCUT2D eigenvalue weighted by atomic mass is 19.4. The first-order chi connectivity index (χ1) is 9.72. The van der Waals surface area contributed by atoms with Gasteiger partial charge < -0.3 is 5.11 Å². The van der Waals surface area contributed by atoms with Crippen LogP contribution in [0.2, 0.25) is 0 Å². The van der Waals surface area contributed by atoms with Crippen LogP contribution in [-0.4, -0.2) is 23.6 Å². The standard InChI is InChI=1S/C13H10F4N2O2/c1-3-4-19-11(18-2)7-5-8(12(20)21)10(14)6-9(7)13(15,16)17/h3-6H,2H2,1H3,(H,20,21)/b4-3-,19-11-. The summed E-state index contributed by atoms with van der Waals surface area (Å²) in [5, 5.41) is 8.79. The van der Waals surface area contributed by atoms with E-state index in [1.54, 1.807) is 6.92 Å². The lowest BCUT2D eigenvalue weighted by Gasteiger charge is -2.13. The zero-order valence-electron chi connectivity index (χ0n) is 10.8. The molecule has 0 aromatic heterocycles. The average molecular weight is 302 g/mol. The second-order valence-electron chi connectivity index (χ2n) is 3.77. The molecule has 0 heterocycles. The number of allylic oxidation sites excluding steroid dienone is 1. The first-order valence-electron chi connectivity index (χ1n) is 5.52. The van der Waals surface area contributed by atoms with Crippen molar-refractivity contribution in [2.24, 2.45) is 9.98 Å². The fraction of sp³-hybridized carbons (Fsp3) is 0.154. The number of hydrogen-bond donors (Lipinski definition) is 1. The molecule has 0 spiro atoms. The summed E-state index contributed by atoms with van der Waals surface area (Å²) < 4.78 is 52.2. The summed E-state index contributed by atoms with van der Waals surface area (Å²) in [5.41, 5.74) is -2.94. The maximum Gasteiger partial charge on any atom is 0.417 e. The van der Waals surface area contributed by atoms with Crippen molar-refractivity contribution in [3.05, 3.63) is 46.9 Å². The second kappa shape index (κ2) is 6.29. The van der Waals surface area contributed by atoms with Gasteiger partial charge in [-0.05, 0) is 25.8 Å². The van der Waals surface area contributed by atoms with Gasteiger partial charge in [-0.3, -0.25) is 0 Å². The fourth-order valence-electron chi connectivity index (χ4n) is 1.50. The predicted molar refractivity (Wildman–Crippen MR) is 69.3 cm³/mol. The molecule has 21 heavy (non-hydrogen) atoms. The lowest BCUT2D eigenvalue weighted by atomic mass is 10.0. The molecule has 1 aromatic rings. The lowest BCUT2D eigenvalue weighted by molar-refractivity contribution is -0.137. The van der Waals surface area contributed by atoms with Crippen LogP contribution in [0, 0.1) is 5.82 Å². The molecule has 0 aliphatic rings. The monoisotopic (exact) mass is 302 g/mol. The maximum absolute atomic E-state index is 13.4. The van der Waals surface area contributed by atoms with Crippen LogP contribution in [0.4, 0.5) is 17.6 Å². The van der Waals surface area contributed by atoms with Gasteiger partial charge in [0.1, 0.15) is 5.82 Å². The molecule has 0 aliphatic heterocycles. The van der Waals surface area contributed by atoms with Gasteiger partial charge in [0, 0.05) is 11.8 Å². The van der Waals surface area contributed by atoms with Gasteiger partial charge in [-0.15, -0.1) is 0 Å². The highest BCUT2D eigenvalue weighted by Gasteiger charge is 2.36. The third kappa shape index (κ3) is 3.74. The highest BCUT2D eigenvalue weighted by Crippen LogP contribution is 2.34. The van der Waals surface area contributed by atoms with Crippen molar-refractivity contribution in [1.29, 1.82) is 0 Å². The zero-order valence-corrected chi connectivity index (χ0v) is 10.8. The Labute approximate surface area is 117 Å². The Morgan fingerprint density at radius 3 is 2.38 bits per heavy atom. The molecule has 112 valence electrons. The molecular formula is C13H10F4N2O2. The molecule has 1 N–H and O–H groups in total. The van der Waals surface area contributed by atoms with Crippen molar-refractivity contribution < 1.29 is 27.5 Å². The van der Waals surface area contributed by atoms with E-state index in [0.717, 1.165) is 6.20 Å². The molecule has 1 rings (SSSR count). The number of rotatable bonds is 3. The van der Waals surface area contributed by atoms with E-state index in [0.29, 0.717) is 6.07 Å². The minimum Gasteiger partial charge on any atom is -0.478 e. The summed E-state index contributed by atoms with van der Waals surface area (Å²) in [7, 11) is 0. The van der Waals surface area contributed by atoms with Crippen LogP contribution in [-0.2, 0) is 6.18 Å². The molecule has 0 saturated carbocycles. The molecule has 4 nitrogen and oxygen atoms in total. The first-order valence-corrected chi connectivity index (χ1v) is 5.52. The van der Waals surface area contributed by atoms with Crippen molar-refractivity contribution >= 4 is 18.5 Å². The van der Waals surface area contributed by atoms with Crippen molar-refractivity contribution in [2.75, 3.05) is 0 Å². The van der Waals surface area contributed by atoms with Gasteiger partial charge in [0.25, 0.3) is 0 Å². The third-order valence-electron chi connectivity index (χ3n) is 2.38. The van der Waals surface area contributed by atoms with Crippen molar-refractivity contribution in [3.63, 3.8) is 0 Å². The average Bonchev–Trinajstić information content (AvgIpc) is 2.38. The summed E-state index contributed by atoms with van der Waals surface area (Å²) in [6.45, 7) is 4.66. The van der Waals surface area contributed by atoms with E-state index >= 15 is 0 Å². The van der Waals surface area contributed by atoms with Crippen molar-refractivity contribution in [2.45, 2.75) is 13.1 Å². The van der Waals surface area contributed by atoms with E-state index in [9.17, 15) is 22.4 Å². The number of alkyl halides is 3. The van der Waals surface area contributed by atoms with Crippen molar-refractivity contribution in [3.8, 4) is 0 Å². The lowest BCUT2D eigenvalue weighted by Crippen LogP contribution is -2.15. The first kappa shape index (κ1) is 16.5. The number of carboxylic acids is 1. The minimum absolute atomic E-state index is 0.106. The molecule has 0 amide bonds. The number of aromatic carboxylic acids is 1. The van der Waals surface area contributed by atoms with Gasteiger partial charge in [-0.1, -0.05) is 6.08 Å². The Balaban J connectivity index is 3.70. The third-order valence-corrected chi connectivity index (χ3v) is 2.38. The molecule has 0 radical (unpaired) electrons. The van der Waals surface area contributed by atoms with E-state index in [4.69, 9.17) is 5.11 Å². The van der Waals surface area contributed by atoms with Gasteiger partial charge in [-0.2, -0.15) is 13.2 Å². The number of carboxylic acid groups (broad SMARTS) is 1. The molecule has 0 saturated heterocycles. The van der Waals surface area contributed by atoms with Crippen LogP contribution in [0.25, 0.3) is 0 Å². The summed E-state index contributed by atoms with van der Waals surface area (Å²) in [6.07, 6.45) is -2.30. The van der Waals surface area contributed by atoms with Crippen LogP contribution in [0.3, 0.4) is 0 Å². The Hall–Kier alpha value is -2.51. The topological polar surface area (TPSA) is 62.0 Å². The number of carbonyl (C=O) groups is 1. The predicted octanol–water partition coefficient (Wildman–Crippen LogP) is 3.52. The van der Waals surface area contributed by atoms with E-state index in [-0.39, 0.29) is 6.07 Å². The largest absolute Gasteiger partial charge is 0.478 e. The highest BCUT2D eigenvalue weighted by molar-refractivity contribution is 6.04. The van der Waals surface area contributed by atoms with Crippen LogP contribution in [0.5, 0.6) is 0 Å². The molecule has 0 fully saturated rings. The summed E-state index contributed by atoms with van der Waals surface area (Å²) in [5.74, 6) is -3.65. The normalized spacial score (nSPS) is 12.7. The fourth-order valence-corrected chi connectivity index (χ4v) is 1.50. The SMILES string of the molecule is C=N/C(=N\C=C/C)c1cc(C(=O)O)c(F)cc1C(F)(F)F.